The van der Waals surface area contributed by atoms with Gasteiger partial charge in [0.15, 0.2) is 0 Å². The lowest BCUT2D eigenvalue weighted by atomic mass is 9.75. The van der Waals surface area contributed by atoms with Gasteiger partial charge in [-0.3, -0.25) is 4.79 Å². The Morgan fingerprint density at radius 2 is 2.08 bits per heavy atom. The number of rotatable bonds is 2. The molecule has 0 bridgehead atoms. The van der Waals surface area contributed by atoms with Gasteiger partial charge in [0, 0.05) is 0 Å². The largest absolute Gasteiger partial charge is 0.480 e. The van der Waals surface area contributed by atoms with E-state index in [0.717, 1.165) is 18.9 Å². The fourth-order valence-corrected chi connectivity index (χ4v) is 2.22. The molecule has 1 saturated heterocycles. The molecule has 2 N–H and O–H groups in total. The summed E-state index contributed by atoms with van der Waals surface area (Å²) in [6, 6.07) is -0.268. The van der Waals surface area contributed by atoms with Gasteiger partial charge in [-0.05, 0) is 24.8 Å². The summed E-state index contributed by atoms with van der Waals surface area (Å²) in [5.74, 6) is 0.776. The van der Waals surface area contributed by atoms with Gasteiger partial charge in [0.25, 0.3) is 0 Å². The van der Waals surface area contributed by atoms with Crippen molar-refractivity contribution in [3.8, 4) is 0 Å². The molecule has 0 aromatic heterocycles. The van der Waals surface area contributed by atoms with Gasteiger partial charge in [-0.1, -0.05) is 19.3 Å². The van der Waals surface area contributed by atoms with Crippen molar-refractivity contribution in [1.29, 1.82) is 0 Å². The molecule has 3 heteroatoms. The number of hydrogen-bond donors (Lipinski definition) is 2. The van der Waals surface area contributed by atoms with Crippen molar-refractivity contribution in [1.82, 2.24) is 5.32 Å². The molecule has 2 atom stereocenters. The molecule has 68 valence electrons. The van der Waals surface area contributed by atoms with E-state index < -0.39 is 5.97 Å². The van der Waals surface area contributed by atoms with E-state index in [9.17, 15) is 4.79 Å². The predicted octanol–water partition coefficient (Wildman–Crippen LogP) is 0.849. The summed E-state index contributed by atoms with van der Waals surface area (Å²) in [7, 11) is 0. The van der Waals surface area contributed by atoms with E-state index in [4.69, 9.17) is 5.11 Å². The van der Waals surface area contributed by atoms with E-state index in [0.29, 0.717) is 5.92 Å². The molecule has 2 rings (SSSR count). The molecule has 1 aliphatic carbocycles. The Balaban J connectivity index is 1.84. The van der Waals surface area contributed by atoms with E-state index in [-0.39, 0.29) is 6.04 Å². The van der Waals surface area contributed by atoms with E-state index >= 15 is 0 Å². The second-order valence-corrected chi connectivity index (χ2v) is 3.99. The summed E-state index contributed by atoms with van der Waals surface area (Å²) < 4.78 is 0. The van der Waals surface area contributed by atoms with Crippen LogP contribution in [-0.2, 0) is 4.79 Å². The maximum Gasteiger partial charge on any atom is 0.320 e. The van der Waals surface area contributed by atoms with Crippen LogP contribution in [0.15, 0.2) is 0 Å². The molecule has 1 unspecified atom stereocenters. The van der Waals surface area contributed by atoms with Gasteiger partial charge in [-0.2, -0.15) is 0 Å². The van der Waals surface area contributed by atoms with E-state index in [2.05, 4.69) is 5.32 Å². The van der Waals surface area contributed by atoms with Gasteiger partial charge >= 0.3 is 5.97 Å². The smallest absolute Gasteiger partial charge is 0.320 e. The third-order valence-electron chi connectivity index (χ3n) is 3.28. The van der Waals surface area contributed by atoms with Gasteiger partial charge in [0.2, 0.25) is 0 Å². The Morgan fingerprint density at radius 3 is 2.50 bits per heavy atom. The van der Waals surface area contributed by atoms with Gasteiger partial charge in [-0.15, -0.1) is 0 Å². The molecule has 0 radical (unpaired) electrons. The standard InChI is InChI=1S/C9H15NO2/c11-9(12)8-4-7(5-10-8)6-2-1-3-6/h6-8,10H,1-5H2,(H,11,12)/t7?,8-/m0/s1. The maximum atomic E-state index is 10.6. The zero-order chi connectivity index (χ0) is 8.55. The minimum Gasteiger partial charge on any atom is -0.480 e. The normalized spacial score (nSPS) is 36.3. The number of carboxylic acids is 1. The highest BCUT2D eigenvalue weighted by molar-refractivity contribution is 5.73. The summed E-state index contributed by atoms with van der Waals surface area (Å²) in [5, 5.41) is 11.8. The SMILES string of the molecule is O=C(O)[C@@H]1CC(C2CCC2)CN1. The van der Waals surface area contributed by atoms with Crippen molar-refractivity contribution >= 4 is 5.97 Å². The first-order valence-electron chi connectivity index (χ1n) is 4.73. The molecule has 0 amide bonds. The quantitative estimate of drug-likeness (QED) is 0.644. The Morgan fingerprint density at radius 1 is 1.33 bits per heavy atom. The number of carboxylic acid groups (broad SMARTS) is 1. The lowest BCUT2D eigenvalue weighted by molar-refractivity contribution is -0.139. The monoisotopic (exact) mass is 169 g/mol. The average molecular weight is 169 g/mol. The zero-order valence-corrected chi connectivity index (χ0v) is 7.12. The minimum atomic E-state index is -0.683. The van der Waals surface area contributed by atoms with Crippen molar-refractivity contribution in [2.75, 3.05) is 6.54 Å². The predicted molar refractivity (Wildman–Crippen MR) is 44.9 cm³/mol. The lowest BCUT2D eigenvalue weighted by Gasteiger charge is -2.30. The summed E-state index contributed by atoms with van der Waals surface area (Å²) in [4.78, 5) is 10.6. The van der Waals surface area contributed by atoms with Crippen LogP contribution < -0.4 is 5.32 Å². The third kappa shape index (κ3) is 1.33. The first-order chi connectivity index (χ1) is 5.77. The van der Waals surface area contributed by atoms with Crippen LogP contribution in [0.5, 0.6) is 0 Å². The van der Waals surface area contributed by atoms with Gasteiger partial charge in [-0.25, -0.2) is 0 Å². The van der Waals surface area contributed by atoms with Crippen LogP contribution in [0.25, 0.3) is 0 Å². The second-order valence-electron chi connectivity index (χ2n) is 3.99. The molecular weight excluding hydrogens is 154 g/mol. The fraction of sp³-hybridized carbons (Fsp3) is 0.889. The van der Waals surface area contributed by atoms with E-state index in [1.165, 1.54) is 19.3 Å². The minimum absolute atomic E-state index is 0.268. The molecule has 1 aliphatic heterocycles. The summed E-state index contributed by atoms with van der Waals surface area (Å²) in [6.07, 6.45) is 4.83. The molecule has 2 aliphatic rings. The second kappa shape index (κ2) is 3.05. The van der Waals surface area contributed by atoms with Gasteiger partial charge in [0.05, 0.1) is 0 Å². The van der Waals surface area contributed by atoms with Crippen LogP contribution in [0.1, 0.15) is 25.7 Å². The van der Waals surface area contributed by atoms with Crippen molar-refractivity contribution in [2.24, 2.45) is 11.8 Å². The summed E-state index contributed by atoms with van der Waals surface area (Å²) in [5.41, 5.74) is 0. The highest BCUT2D eigenvalue weighted by Crippen LogP contribution is 2.37. The highest BCUT2D eigenvalue weighted by Gasteiger charge is 2.35. The molecule has 1 heterocycles. The molecule has 0 aromatic rings. The topological polar surface area (TPSA) is 49.3 Å². The van der Waals surface area contributed by atoms with Crippen LogP contribution in [0.4, 0.5) is 0 Å². The number of nitrogens with one attached hydrogen (secondary N) is 1. The number of carbonyl (C=O) groups is 1. The Labute approximate surface area is 72.2 Å². The van der Waals surface area contributed by atoms with Gasteiger partial charge < -0.3 is 10.4 Å². The number of hydrogen-bond acceptors (Lipinski definition) is 2. The van der Waals surface area contributed by atoms with Crippen LogP contribution >= 0.6 is 0 Å². The Bertz CT molecular complexity index is 189. The first kappa shape index (κ1) is 8.05. The molecule has 1 saturated carbocycles. The van der Waals surface area contributed by atoms with Gasteiger partial charge in [0.1, 0.15) is 6.04 Å². The maximum absolute atomic E-state index is 10.6. The molecule has 2 fully saturated rings. The molecule has 12 heavy (non-hydrogen) atoms. The summed E-state index contributed by atoms with van der Waals surface area (Å²) in [6.45, 7) is 0.918. The third-order valence-corrected chi connectivity index (χ3v) is 3.28. The van der Waals surface area contributed by atoms with Crippen molar-refractivity contribution in [3.63, 3.8) is 0 Å². The van der Waals surface area contributed by atoms with Crippen LogP contribution in [0.3, 0.4) is 0 Å². The Hall–Kier alpha value is -0.570. The van der Waals surface area contributed by atoms with E-state index in [1.807, 2.05) is 0 Å². The van der Waals surface area contributed by atoms with Crippen molar-refractivity contribution in [2.45, 2.75) is 31.7 Å². The van der Waals surface area contributed by atoms with Crippen molar-refractivity contribution in [3.05, 3.63) is 0 Å². The average Bonchev–Trinajstić information content (AvgIpc) is 2.32. The van der Waals surface area contributed by atoms with E-state index in [1.54, 1.807) is 0 Å². The molecule has 0 aromatic carbocycles. The molecule has 3 nitrogen and oxygen atoms in total. The summed E-state index contributed by atoms with van der Waals surface area (Å²) >= 11 is 0. The van der Waals surface area contributed by atoms with Crippen LogP contribution in [0.2, 0.25) is 0 Å². The molecule has 0 spiro atoms. The van der Waals surface area contributed by atoms with Crippen LogP contribution in [0, 0.1) is 11.8 Å². The first-order valence-corrected chi connectivity index (χ1v) is 4.73. The molecular formula is C9H15NO2. The fourth-order valence-electron chi connectivity index (χ4n) is 2.22. The van der Waals surface area contributed by atoms with Crippen LogP contribution in [-0.4, -0.2) is 23.7 Å². The zero-order valence-electron chi connectivity index (χ0n) is 7.12. The number of aliphatic carboxylic acids is 1. The Kier molecular flexibility index (Phi) is 2.05. The highest BCUT2D eigenvalue weighted by atomic mass is 16.4. The lowest BCUT2D eigenvalue weighted by Crippen LogP contribution is -2.30. The van der Waals surface area contributed by atoms with Crippen molar-refractivity contribution < 1.29 is 9.90 Å².